The van der Waals surface area contributed by atoms with Gasteiger partial charge in [0.2, 0.25) is 0 Å². The van der Waals surface area contributed by atoms with E-state index in [-0.39, 0.29) is 0 Å². The van der Waals surface area contributed by atoms with Crippen molar-refractivity contribution in [1.29, 1.82) is 0 Å². The summed E-state index contributed by atoms with van der Waals surface area (Å²) in [7, 11) is 2.04. The van der Waals surface area contributed by atoms with Gasteiger partial charge >= 0.3 is 0 Å². The molecule has 3 unspecified atom stereocenters. The van der Waals surface area contributed by atoms with Crippen molar-refractivity contribution >= 4 is 0 Å². The lowest BCUT2D eigenvalue weighted by Crippen LogP contribution is -2.32. The minimum Gasteiger partial charge on any atom is -0.317 e. The minimum atomic E-state index is 0.505. The van der Waals surface area contributed by atoms with E-state index in [1.165, 1.54) is 12.1 Å². The Morgan fingerprint density at radius 1 is 1.29 bits per heavy atom. The molecule has 1 N–H and O–H groups in total. The SMILES string of the molecule is CCC(NC)C(C)Cc1ccn(C(C)CC)n1. The highest BCUT2D eigenvalue weighted by Gasteiger charge is 2.15. The Bertz CT molecular complexity index is 315. The van der Waals surface area contributed by atoms with Crippen LogP contribution >= 0.6 is 0 Å². The fourth-order valence-electron chi connectivity index (χ4n) is 2.28. The van der Waals surface area contributed by atoms with Crippen LogP contribution in [0.2, 0.25) is 0 Å². The van der Waals surface area contributed by atoms with Crippen LogP contribution in [-0.4, -0.2) is 22.9 Å². The van der Waals surface area contributed by atoms with Gasteiger partial charge in [0.05, 0.1) is 5.69 Å². The van der Waals surface area contributed by atoms with E-state index in [0.717, 1.165) is 12.8 Å². The molecule has 0 bridgehead atoms. The largest absolute Gasteiger partial charge is 0.317 e. The third-order valence-electron chi connectivity index (χ3n) is 3.73. The molecule has 0 amide bonds. The van der Waals surface area contributed by atoms with Gasteiger partial charge in [0, 0.05) is 18.3 Å². The predicted molar refractivity (Wildman–Crippen MR) is 73.2 cm³/mol. The molecule has 0 aliphatic rings. The summed E-state index contributed by atoms with van der Waals surface area (Å²) in [6, 6.07) is 3.25. The Balaban J connectivity index is 2.59. The second-order valence-electron chi connectivity index (χ2n) is 5.03. The van der Waals surface area contributed by atoms with Gasteiger partial charge in [0.15, 0.2) is 0 Å². The second kappa shape index (κ2) is 6.80. The van der Waals surface area contributed by atoms with Crippen molar-refractivity contribution in [2.45, 2.75) is 59.0 Å². The van der Waals surface area contributed by atoms with E-state index in [2.05, 4.69) is 55.1 Å². The Hall–Kier alpha value is -0.830. The van der Waals surface area contributed by atoms with Crippen molar-refractivity contribution < 1.29 is 0 Å². The summed E-state index contributed by atoms with van der Waals surface area (Å²) < 4.78 is 2.09. The average Bonchev–Trinajstić information content (AvgIpc) is 2.78. The molecule has 0 saturated heterocycles. The van der Waals surface area contributed by atoms with Gasteiger partial charge in [-0.2, -0.15) is 5.10 Å². The number of nitrogens with zero attached hydrogens (tertiary/aromatic N) is 2. The van der Waals surface area contributed by atoms with E-state index in [0.29, 0.717) is 18.0 Å². The van der Waals surface area contributed by atoms with Gasteiger partial charge in [-0.3, -0.25) is 4.68 Å². The monoisotopic (exact) mass is 237 g/mol. The summed E-state index contributed by atoms with van der Waals surface area (Å²) in [5.41, 5.74) is 1.21. The lowest BCUT2D eigenvalue weighted by atomic mass is 9.95. The average molecular weight is 237 g/mol. The van der Waals surface area contributed by atoms with Crippen molar-refractivity contribution in [1.82, 2.24) is 15.1 Å². The summed E-state index contributed by atoms with van der Waals surface area (Å²) in [6.45, 7) is 8.94. The van der Waals surface area contributed by atoms with E-state index in [4.69, 9.17) is 0 Å². The molecule has 1 aromatic rings. The summed E-state index contributed by atoms with van der Waals surface area (Å²) in [4.78, 5) is 0. The topological polar surface area (TPSA) is 29.9 Å². The van der Waals surface area contributed by atoms with Crippen LogP contribution in [0.1, 0.15) is 52.3 Å². The zero-order chi connectivity index (χ0) is 12.8. The highest BCUT2D eigenvalue weighted by atomic mass is 15.3. The van der Waals surface area contributed by atoms with Crippen LogP contribution in [0.5, 0.6) is 0 Å². The first kappa shape index (κ1) is 14.2. The fourth-order valence-corrected chi connectivity index (χ4v) is 2.28. The van der Waals surface area contributed by atoms with Crippen molar-refractivity contribution in [2.24, 2.45) is 5.92 Å². The van der Waals surface area contributed by atoms with E-state index < -0.39 is 0 Å². The van der Waals surface area contributed by atoms with E-state index in [1.807, 2.05) is 7.05 Å². The minimum absolute atomic E-state index is 0.505. The summed E-state index contributed by atoms with van der Waals surface area (Å²) in [5.74, 6) is 0.630. The van der Waals surface area contributed by atoms with Crippen molar-refractivity contribution in [2.75, 3.05) is 7.05 Å². The molecular formula is C14H27N3. The van der Waals surface area contributed by atoms with Gasteiger partial charge in [0.25, 0.3) is 0 Å². The number of hydrogen-bond donors (Lipinski definition) is 1. The zero-order valence-electron chi connectivity index (χ0n) is 11.9. The molecule has 17 heavy (non-hydrogen) atoms. The Kier molecular flexibility index (Phi) is 5.69. The Labute approximate surface area is 106 Å². The molecule has 3 nitrogen and oxygen atoms in total. The number of aromatic nitrogens is 2. The smallest absolute Gasteiger partial charge is 0.0627 e. The van der Waals surface area contributed by atoms with Gasteiger partial charge in [-0.1, -0.05) is 20.8 Å². The molecule has 98 valence electrons. The fraction of sp³-hybridized carbons (Fsp3) is 0.786. The first-order valence-electron chi connectivity index (χ1n) is 6.83. The maximum atomic E-state index is 4.66. The molecule has 0 fully saturated rings. The number of nitrogens with one attached hydrogen (secondary N) is 1. The van der Waals surface area contributed by atoms with Crippen LogP contribution in [0, 0.1) is 5.92 Å². The quantitative estimate of drug-likeness (QED) is 0.790. The standard InChI is InChI=1S/C14H27N3/c1-6-12(4)17-9-8-13(16-17)10-11(3)14(7-2)15-5/h8-9,11-12,14-15H,6-7,10H2,1-5H3. The third kappa shape index (κ3) is 3.84. The zero-order valence-corrected chi connectivity index (χ0v) is 11.9. The molecule has 0 aromatic carbocycles. The molecule has 0 spiro atoms. The predicted octanol–water partition coefficient (Wildman–Crippen LogP) is 3.03. The van der Waals surface area contributed by atoms with Crippen LogP contribution < -0.4 is 5.32 Å². The Morgan fingerprint density at radius 3 is 2.53 bits per heavy atom. The molecule has 0 radical (unpaired) electrons. The van der Waals surface area contributed by atoms with E-state index in [1.54, 1.807) is 0 Å². The van der Waals surface area contributed by atoms with Gasteiger partial charge in [-0.05, 0) is 45.2 Å². The third-order valence-corrected chi connectivity index (χ3v) is 3.73. The molecule has 3 atom stereocenters. The number of hydrogen-bond acceptors (Lipinski definition) is 2. The lowest BCUT2D eigenvalue weighted by Gasteiger charge is -2.21. The molecule has 1 aromatic heterocycles. The molecule has 0 saturated carbocycles. The highest BCUT2D eigenvalue weighted by molar-refractivity contribution is 5.01. The highest BCUT2D eigenvalue weighted by Crippen LogP contribution is 2.15. The number of rotatable bonds is 7. The molecule has 3 heteroatoms. The van der Waals surface area contributed by atoms with E-state index in [9.17, 15) is 0 Å². The summed E-state index contributed by atoms with van der Waals surface area (Å²) >= 11 is 0. The first-order chi connectivity index (χ1) is 8.12. The molecule has 1 heterocycles. The molecule has 1 rings (SSSR count). The van der Waals surface area contributed by atoms with Crippen LogP contribution in [0.3, 0.4) is 0 Å². The lowest BCUT2D eigenvalue weighted by molar-refractivity contribution is 0.380. The van der Waals surface area contributed by atoms with Crippen molar-refractivity contribution in [3.63, 3.8) is 0 Å². The van der Waals surface area contributed by atoms with Gasteiger partial charge < -0.3 is 5.32 Å². The van der Waals surface area contributed by atoms with Crippen LogP contribution in [-0.2, 0) is 6.42 Å². The summed E-state index contributed by atoms with van der Waals surface area (Å²) in [5, 5.41) is 8.04. The molecular weight excluding hydrogens is 210 g/mol. The molecule has 0 aliphatic heterocycles. The summed E-state index contributed by atoms with van der Waals surface area (Å²) in [6.07, 6.45) is 5.47. The van der Waals surface area contributed by atoms with Crippen LogP contribution in [0.15, 0.2) is 12.3 Å². The van der Waals surface area contributed by atoms with Crippen LogP contribution in [0.4, 0.5) is 0 Å². The van der Waals surface area contributed by atoms with Gasteiger partial charge in [0.1, 0.15) is 0 Å². The first-order valence-corrected chi connectivity index (χ1v) is 6.83. The van der Waals surface area contributed by atoms with Gasteiger partial charge in [-0.15, -0.1) is 0 Å². The van der Waals surface area contributed by atoms with Gasteiger partial charge in [-0.25, -0.2) is 0 Å². The normalized spacial score (nSPS) is 16.8. The maximum absolute atomic E-state index is 4.66. The van der Waals surface area contributed by atoms with Crippen molar-refractivity contribution in [3.8, 4) is 0 Å². The maximum Gasteiger partial charge on any atom is 0.0627 e. The molecule has 0 aliphatic carbocycles. The van der Waals surface area contributed by atoms with Crippen molar-refractivity contribution in [3.05, 3.63) is 18.0 Å². The second-order valence-corrected chi connectivity index (χ2v) is 5.03. The van der Waals surface area contributed by atoms with E-state index >= 15 is 0 Å². The Morgan fingerprint density at radius 2 is 2.00 bits per heavy atom. The van der Waals surface area contributed by atoms with Crippen LogP contribution in [0.25, 0.3) is 0 Å².